The van der Waals surface area contributed by atoms with Gasteiger partial charge in [0.15, 0.2) is 0 Å². The maximum Gasteiger partial charge on any atom is 0.247 e. The van der Waals surface area contributed by atoms with Gasteiger partial charge in [0.2, 0.25) is 11.8 Å². The number of nitrogens with zero attached hydrogens (tertiary/aromatic N) is 2. The van der Waals surface area contributed by atoms with Crippen LogP contribution < -0.4 is 10.1 Å². The number of amides is 2. The zero-order valence-electron chi connectivity index (χ0n) is 14.8. The third-order valence-corrected chi connectivity index (χ3v) is 4.93. The number of nitrogens with one attached hydrogen (secondary N) is 1. The van der Waals surface area contributed by atoms with Crippen LogP contribution in [0.3, 0.4) is 0 Å². The summed E-state index contributed by atoms with van der Waals surface area (Å²) in [5.41, 5.74) is 1.76. The average Bonchev–Trinajstić information content (AvgIpc) is 3.06. The molecule has 0 bridgehead atoms. The highest BCUT2D eigenvalue weighted by Gasteiger charge is 2.27. The van der Waals surface area contributed by atoms with Crippen molar-refractivity contribution in [2.45, 2.75) is 26.5 Å². The molecule has 2 aromatic rings. The monoisotopic (exact) mass is 371 g/mol. The molecule has 136 valence electrons. The molecule has 1 aliphatic heterocycles. The lowest BCUT2D eigenvalue weighted by Crippen LogP contribution is -2.55. The molecule has 3 rings (SSSR count). The number of hydrogen-bond donors (Lipinski definition) is 1. The number of hydrogen-bond acceptors (Lipinski definition) is 5. The Kier molecular flexibility index (Phi) is 5.68. The first-order valence-corrected chi connectivity index (χ1v) is 9.31. The second-order valence-corrected chi connectivity index (χ2v) is 7.11. The quantitative estimate of drug-likeness (QED) is 0.819. The Morgan fingerprint density at radius 3 is 3.12 bits per heavy atom. The maximum atomic E-state index is 12.3. The van der Waals surface area contributed by atoms with Gasteiger partial charge >= 0.3 is 0 Å². The smallest absolute Gasteiger partial charge is 0.247 e. The highest BCUT2D eigenvalue weighted by atomic mass is 32.1. The molecule has 1 aliphatic rings. The minimum Gasteiger partial charge on any atom is -0.487 e. The van der Waals surface area contributed by atoms with Crippen LogP contribution in [0.25, 0.3) is 6.08 Å². The molecule has 2 heterocycles. The van der Waals surface area contributed by atoms with Crippen LogP contribution in [0, 0.1) is 6.92 Å². The molecule has 2 amide bonds. The van der Waals surface area contributed by atoms with Crippen molar-refractivity contribution in [3.63, 3.8) is 0 Å². The summed E-state index contributed by atoms with van der Waals surface area (Å²) in [5.74, 6) is 0.429. The van der Waals surface area contributed by atoms with Crippen LogP contribution >= 0.6 is 11.3 Å². The number of aromatic nitrogens is 1. The van der Waals surface area contributed by atoms with E-state index in [2.05, 4.69) is 10.3 Å². The molecule has 1 fully saturated rings. The molecule has 1 atom stereocenters. The van der Waals surface area contributed by atoms with E-state index in [1.54, 1.807) is 29.2 Å². The van der Waals surface area contributed by atoms with Crippen LogP contribution in [0.2, 0.25) is 0 Å². The molecular formula is C19H21N3O3S. The van der Waals surface area contributed by atoms with E-state index in [-0.39, 0.29) is 11.8 Å². The minimum absolute atomic E-state index is 0.120. The van der Waals surface area contributed by atoms with Gasteiger partial charge in [0.25, 0.3) is 0 Å². The fraction of sp³-hybridized carbons (Fsp3) is 0.316. The van der Waals surface area contributed by atoms with Crippen LogP contribution in [-0.4, -0.2) is 40.8 Å². The van der Waals surface area contributed by atoms with Crippen molar-refractivity contribution in [3.8, 4) is 5.75 Å². The zero-order valence-corrected chi connectivity index (χ0v) is 15.6. The fourth-order valence-corrected chi connectivity index (χ4v) is 3.28. The van der Waals surface area contributed by atoms with Crippen LogP contribution in [0.15, 0.2) is 35.7 Å². The summed E-state index contributed by atoms with van der Waals surface area (Å²) in [6.45, 7) is 5.11. The number of rotatable bonds is 5. The second kappa shape index (κ2) is 8.14. The summed E-state index contributed by atoms with van der Waals surface area (Å²) in [7, 11) is 0. The molecule has 0 aliphatic carbocycles. The average molecular weight is 371 g/mol. The van der Waals surface area contributed by atoms with Gasteiger partial charge in [0, 0.05) is 24.5 Å². The van der Waals surface area contributed by atoms with Crippen LogP contribution in [-0.2, 0) is 16.2 Å². The van der Waals surface area contributed by atoms with Gasteiger partial charge in [-0.2, -0.15) is 0 Å². The van der Waals surface area contributed by atoms with Gasteiger partial charge in [-0.3, -0.25) is 9.59 Å². The van der Waals surface area contributed by atoms with Gasteiger partial charge < -0.3 is 15.0 Å². The number of benzene rings is 1. The molecule has 1 saturated heterocycles. The van der Waals surface area contributed by atoms with E-state index in [1.165, 1.54) is 6.08 Å². The summed E-state index contributed by atoms with van der Waals surface area (Å²) in [6, 6.07) is 7.07. The number of aryl methyl sites for hydroxylation is 1. The standard InChI is InChI=1S/C19H21N3O3S/c1-13-19(24)20-8-9-22(13)18(23)7-6-15-4-3-5-17(10-15)25-11-16-12-26-14(2)21-16/h3-7,10,12-13H,8-9,11H2,1-2H3,(H,20,24). The van der Waals surface area contributed by atoms with Crippen LogP contribution in [0.4, 0.5) is 0 Å². The Labute approximate surface area is 156 Å². The molecule has 1 aromatic carbocycles. The molecule has 26 heavy (non-hydrogen) atoms. The number of ether oxygens (including phenoxy) is 1. The van der Waals surface area contributed by atoms with Gasteiger partial charge in [0.05, 0.1) is 10.7 Å². The zero-order chi connectivity index (χ0) is 18.5. The third-order valence-electron chi connectivity index (χ3n) is 4.11. The molecule has 0 radical (unpaired) electrons. The van der Waals surface area contributed by atoms with Crippen molar-refractivity contribution < 1.29 is 14.3 Å². The Balaban J connectivity index is 1.61. The first-order valence-electron chi connectivity index (χ1n) is 8.43. The van der Waals surface area contributed by atoms with Gasteiger partial charge in [-0.25, -0.2) is 4.98 Å². The Hall–Kier alpha value is -2.67. The molecule has 1 N–H and O–H groups in total. The molecule has 0 spiro atoms. The van der Waals surface area contributed by atoms with Crippen molar-refractivity contribution in [2.24, 2.45) is 0 Å². The van der Waals surface area contributed by atoms with Crippen LogP contribution in [0.1, 0.15) is 23.2 Å². The van der Waals surface area contributed by atoms with E-state index >= 15 is 0 Å². The first-order chi connectivity index (χ1) is 12.5. The summed E-state index contributed by atoms with van der Waals surface area (Å²) < 4.78 is 5.76. The van der Waals surface area contributed by atoms with Crippen molar-refractivity contribution in [2.75, 3.05) is 13.1 Å². The van der Waals surface area contributed by atoms with Gasteiger partial charge in [0.1, 0.15) is 18.4 Å². The molecule has 1 aromatic heterocycles. The van der Waals surface area contributed by atoms with Gasteiger partial charge in [-0.05, 0) is 37.6 Å². The predicted molar refractivity (Wildman–Crippen MR) is 101 cm³/mol. The van der Waals surface area contributed by atoms with E-state index in [9.17, 15) is 9.59 Å². The topological polar surface area (TPSA) is 71.5 Å². The Morgan fingerprint density at radius 1 is 1.50 bits per heavy atom. The van der Waals surface area contributed by atoms with Crippen molar-refractivity contribution in [3.05, 3.63) is 52.0 Å². The largest absolute Gasteiger partial charge is 0.487 e. The highest BCUT2D eigenvalue weighted by Crippen LogP contribution is 2.17. The summed E-state index contributed by atoms with van der Waals surface area (Å²) >= 11 is 1.59. The fourth-order valence-electron chi connectivity index (χ4n) is 2.69. The number of piperazine rings is 1. The number of thiazole rings is 1. The van der Waals surface area contributed by atoms with Crippen LogP contribution in [0.5, 0.6) is 5.75 Å². The normalized spacial score (nSPS) is 17.4. The maximum absolute atomic E-state index is 12.3. The lowest BCUT2D eigenvalue weighted by Gasteiger charge is -2.31. The molecule has 1 unspecified atom stereocenters. The summed E-state index contributed by atoms with van der Waals surface area (Å²) in [5, 5.41) is 5.74. The van der Waals surface area contributed by atoms with E-state index < -0.39 is 6.04 Å². The predicted octanol–water partition coefficient (Wildman–Crippen LogP) is 2.39. The Morgan fingerprint density at radius 2 is 2.35 bits per heavy atom. The van der Waals surface area contributed by atoms with Gasteiger partial charge in [-0.15, -0.1) is 11.3 Å². The van der Waals surface area contributed by atoms with E-state index in [4.69, 9.17) is 4.74 Å². The number of carbonyl (C=O) groups is 2. The van der Waals surface area contributed by atoms with Gasteiger partial charge in [-0.1, -0.05) is 12.1 Å². The summed E-state index contributed by atoms with van der Waals surface area (Å²) in [4.78, 5) is 30.0. The third kappa shape index (κ3) is 4.49. The Bertz CT molecular complexity index is 831. The summed E-state index contributed by atoms with van der Waals surface area (Å²) in [6.07, 6.45) is 3.24. The van der Waals surface area contributed by atoms with Crippen molar-refractivity contribution in [1.29, 1.82) is 0 Å². The molecule has 7 heteroatoms. The molecule has 0 saturated carbocycles. The lowest BCUT2D eigenvalue weighted by molar-refractivity contribution is -0.139. The SMILES string of the molecule is Cc1nc(COc2cccc(C=CC(=O)N3CCNC(=O)C3C)c2)cs1. The van der Waals surface area contributed by atoms with E-state index in [1.807, 2.05) is 36.6 Å². The number of carbonyl (C=O) groups excluding carboxylic acids is 2. The minimum atomic E-state index is -0.447. The van der Waals surface area contributed by atoms with E-state index in [0.29, 0.717) is 19.7 Å². The van der Waals surface area contributed by atoms with E-state index in [0.717, 1.165) is 22.0 Å². The lowest BCUT2D eigenvalue weighted by atomic mass is 10.1. The van der Waals surface area contributed by atoms with Crippen molar-refractivity contribution >= 4 is 29.2 Å². The first kappa shape index (κ1) is 18.1. The highest BCUT2D eigenvalue weighted by molar-refractivity contribution is 7.09. The molecule has 6 nitrogen and oxygen atoms in total. The second-order valence-electron chi connectivity index (χ2n) is 6.05. The molecular weight excluding hydrogens is 350 g/mol. The van der Waals surface area contributed by atoms with Crippen molar-refractivity contribution in [1.82, 2.24) is 15.2 Å².